The molecule has 1 aromatic rings. The first-order chi connectivity index (χ1) is 11.8. The van der Waals surface area contributed by atoms with E-state index in [1.807, 2.05) is 0 Å². The molecule has 0 spiro atoms. The van der Waals surface area contributed by atoms with E-state index in [9.17, 15) is 22.8 Å². The lowest BCUT2D eigenvalue weighted by atomic mass is 10.2. The van der Waals surface area contributed by atoms with Crippen molar-refractivity contribution in [2.24, 2.45) is 0 Å². The van der Waals surface area contributed by atoms with Crippen LogP contribution in [-0.2, 0) is 20.5 Å². The maximum Gasteiger partial charge on any atom is 0.416 e. The molecule has 0 radical (unpaired) electrons. The van der Waals surface area contributed by atoms with Crippen molar-refractivity contribution in [1.82, 2.24) is 10.2 Å². The highest BCUT2D eigenvalue weighted by atomic mass is 19.4. The van der Waals surface area contributed by atoms with Crippen LogP contribution in [0.3, 0.4) is 0 Å². The summed E-state index contributed by atoms with van der Waals surface area (Å²) in [5.74, 6) is -1.14. The second kappa shape index (κ2) is 8.82. The number of anilines is 1. The van der Waals surface area contributed by atoms with Gasteiger partial charge in [-0.1, -0.05) is 6.07 Å². The number of nitrogens with zero attached hydrogens (tertiary/aromatic N) is 1. The Labute approximate surface area is 143 Å². The van der Waals surface area contributed by atoms with E-state index in [1.165, 1.54) is 12.1 Å². The van der Waals surface area contributed by atoms with E-state index in [4.69, 9.17) is 4.74 Å². The highest BCUT2D eigenvalue weighted by Crippen LogP contribution is 2.30. The number of morpholine rings is 1. The van der Waals surface area contributed by atoms with Gasteiger partial charge in [0.1, 0.15) is 6.42 Å². The molecule has 9 heteroatoms. The molecule has 1 aliphatic heterocycles. The Morgan fingerprint density at radius 3 is 2.56 bits per heavy atom. The Hall–Kier alpha value is -2.13. The first kappa shape index (κ1) is 19.2. The number of hydrogen-bond donors (Lipinski definition) is 2. The summed E-state index contributed by atoms with van der Waals surface area (Å²) in [6.45, 7) is 3.97. The average Bonchev–Trinajstić information content (AvgIpc) is 2.55. The Morgan fingerprint density at radius 1 is 1.16 bits per heavy atom. The molecule has 0 atom stereocenters. The van der Waals surface area contributed by atoms with Crippen molar-refractivity contribution in [2.75, 3.05) is 44.7 Å². The van der Waals surface area contributed by atoms with E-state index in [0.29, 0.717) is 26.3 Å². The van der Waals surface area contributed by atoms with Gasteiger partial charge in [0.2, 0.25) is 11.8 Å². The van der Waals surface area contributed by atoms with E-state index >= 15 is 0 Å². The van der Waals surface area contributed by atoms with Crippen molar-refractivity contribution >= 4 is 17.5 Å². The van der Waals surface area contributed by atoms with E-state index in [2.05, 4.69) is 15.5 Å². The van der Waals surface area contributed by atoms with Crippen LogP contribution in [0, 0.1) is 0 Å². The monoisotopic (exact) mass is 359 g/mol. The summed E-state index contributed by atoms with van der Waals surface area (Å²) in [6, 6.07) is 4.27. The predicted molar refractivity (Wildman–Crippen MR) is 85.0 cm³/mol. The summed E-state index contributed by atoms with van der Waals surface area (Å²) in [4.78, 5) is 25.6. The second-order valence-electron chi connectivity index (χ2n) is 5.61. The van der Waals surface area contributed by atoms with Gasteiger partial charge in [0.05, 0.1) is 18.8 Å². The average molecular weight is 359 g/mol. The number of nitrogens with one attached hydrogen (secondary N) is 2. The quantitative estimate of drug-likeness (QED) is 0.755. The highest BCUT2D eigenvalue weighted by molar-refractivity contribution is 6.03. The molecule has 2 amide bonds. The Bertz CT molecular complexity index is 602. The minimum absolute atomic E-state index is 0.000872. The number of hydrogen-bond acceptors (Lipinski definition) is 4. The lowest BCUT2D eigenvalue weighted by Gasteiger charge is -2.26. The number of rotatable bonds is 6. The summed E-state index contributed by atoms with van der Waals surface area (Å²) < 4.78 is 43.1. The Balaban J connectivity index is 1.73. The minimum Gasteiger partial charge on any atom is -0.379 e. The lowest BCUT2D eigenvalue weighted by molar-refractivity contribution is -0.137. The van der Waals surface area contributed by atoms with Gasteiger partial charge in [-0.25, -0.2) is 0 Å². The number of benzene rings is 1. The number of halogens is 3. The molecule has 0 bridgehead atoms. The molecular weight excluding hydrogens is 339 g/mol. The fourth-order valence-corrected chi connectivity index (χ4v) is 2.36. The molecule has 2 rings (SSSR count). The van der Waals surface area contributed by atoms with Gasteiger partial charge < -0.3 is 15.4 Å². The molecule has 1 aromatic carbocycles. The van der Waals surface area contributed by atoms with Gasteiger partial charge in [0, 0.05) is 31.9 Å². The predicted octanol–water partition coefficient (Wildman–Crippen LogP) is 1.48. The maximum atomic E-state index is 12.6. The third kappa shape index (κ3) is 6.71. The van der Waals surface area contributed by atoms with Crippen LogP contribution in [0.5, 0.6) is 0 Å². The van der Waals surface area contributed by atoms with Gasteiger partial charge in [-0.05, 0) is 18.2 Å². The Morgan fingerprint density at radius 2 is 1.88 bits per heavy atom. The molecule has 25 heavy (non-hydrogen) atoms. The zero-order valence-electron chi connectivity index (χ0n) is 13.6. The Kier molecular flexibility index (Phi) is 6.77. The molecule has 0 aliphatic carbocycles. The molecule has 0 aromatic heterocycles. The fraction of sp³-hybridized carbons (Fsp3) is 0.500. The third-order valence-electron chi connectivity index (χ3n) is 3.65. The van der Waals surface area contributed by atoms with Gasteiger partial charge in [0.15, 0.2) is 0 Å². The van der Waals surface area contributed by atoms with Crippen molar-refractivity contribution < 1.29 is 27.5 Å². The molecule has 1 fully saturated rings. The summed E-state index contributed by atoms with van der Waals surface area (Å²) in [5, 5.41) is 4.92. The molecule has 1 heterocycles. The maximum absolute atomic E-state index is 12.6. The second-order valence-corrected chi connectivity index (χ2v) is 5.61. The number of alkyl halides is 3. The van der Waals surface area contributed by atoms with E-state index in [1.54, 1.807) is 0 Å². The molecule has 0 saturated carbocycles. The normalized spacial score (nSPS) is 15.6. The molecule has 0 unspecified atom stereocenters. The fourth-order valence-electron chi connectivity index (χ4n) is 2.36. The van der Waals surface area contributed by atoms with Crippen LogP contribution in [0.2, 0.25) is 0 Å². The van der Waals surface area contributed by atoms with E-state index in [0.717, 1.165) is 25.2 Å². The van der Waals surface area contributed by atoms with Crippen LogP contribution >= 0.6 is 0 Å². The van der Waals surface area contributed by atoms with Gasteiger partial charge >= 0.3 is 6.18 Å². The topological polar surface area (TPSA) is 70.7 Å². The van der Waals surface area contributed by atoms with E-state index in [-0.39, 0.29) is 5.69 Å². The molecule has 1 saturated heterocycles. The van der Waals surface area contributed by atoms with Crippen LogP contribution < -0.4 is 10.6 Å². The van der Waals surface area contributed by atoms with Gasteiger partial charge in [0.25, 0.3) is 0 Å². The molecule has 2 N–H and O–H groups in total. The lowest BCUT2D eigenvalue weighted by Crippen LogP contribution is -2.41. The van der Waals surface area contributed by atoms with Crippen LogP contribution in [-0.4, -0.2) is 56.1 Å². The largest absolute Gasteiger partial charge is 0.416 e. The number of amides is 2. The zero-order valence-corrected chi connectivity index (χ0v) is 13.6. The van der Waals surface area contributed by atoms with Crippen molar-refractivity contribution in [3.8, 4) is 0 Å². The summed E-state index contributed by atoms with van der Waals surface area (Å²) in [5.41, 5.74) is -0.860. The molecule has 6 nitrogen and oxygen atoms in total. The zero-order chi connectivity index (χ0) is 18.3. The SMILES string of the molecule is O=C(CC(=O)Nc1cccc(C(F)(F)F)c1)NCCN1CCOCC1. The molecule has 1 aliphatic rings. The third-order valence-corrected chi connectivity index (χ3v) is 3.65. The van der Waals surface area contributed by atoms with Gasteiger partial charge in [-0.2, -0.15) is 13.2 Å². The number of ether oxygens (including phenoxy) is 1. The molecule has 138 valence electrons. The first-order valence-corrected chi connectivity index (χ1v) is 7.88. The number of carbonyl (C=O) groups excluding carboxylic acids is 2. The summed E-state index contributed by atoms with van der Waals surface area (Å²) >= 11 is 0. The van der Waals surface area contributed by atoms with Crippen LogP contribution in [0.15, 0.2) is 24.3 Å². The molecular formula is C16H20F3N3O3. The van der Waals surface area contributed by atoms with Crippen molar-refractivity contribution in [3.05, 3.63) is 29.8 Å². The smallest absolute Gasteiger partial charge is 0.379 e. The van der Waals surface area contributed by atoms with Crippen LogP contribution in [0.25, 0.3) is 0 Å². The van der Waals surface area contributed by atoms with Crippen molar-refractivity contribution in [2.45, 2.75) is 12.6 Å². The van der Waals surface area contributed by atoms with E-state index < -0.39 is 30.0 Å². The minimum atomic E-state index is -4.49. The first-order valence-electron chi connectivity index (χ1n) is 7.88. The standard InChI is InChI=1S/C16H20F3N3O3/c17-16(18,19)12-2-1-3-13(10-12)21-15(24)11-14(23)20-4-5-22-6-8-25-9-7-22/h1-3,10H,4-9,11H2,(H,20,23)(H,21,24). The van der Waals surface area contributed by atoms with Gasteiger partial charge in [-0.3, -0.25) is 14.5 Å². The number of carbonyl (C=O) groups is 2. The van der Waals surface area contributed by atoms with Gasteiger partial charge in [-0.15, -0.1) is 0 Å². The van der Waals surface area contributed by atoms with Crippen molar-refractivity contribution in [1.29, 1.82) is 0 Å². The summed E-state index contributed by atoms with van der Waals surface area (Å²) in [6.07, 6.45) is -4.93. The summed E-state index contributed by atoms with van der Waals surface area (Å²) in [7, 11) is 0. The highest BCUT2D eigenvalue weighted by Gasteiger charge is 2.30. The van der Waals surface area contributed by atoms with Crippen molar-refractivity contribution in [3.63, 3.8) is 0 Å². The van der Waals surface area contributed by atoms with Crippen LogP contribution in [0.4, 0.5) is 18.9 Å². The van der Waals surface area contributed by atoms with Crippen LogP contribution in [0.1, 0.15) is 12.0 Å².